The quantitative estimate of drug-likeness (QED) is 0.133. The number of aliphatic hydroxyl groups is 1. The molecule has 0 aromatic rings. The van der Waals surface area contributed by atoms with Gasteiger partial charge in [-0.25, -0.2) is 0 Å². The van der Waals surface area contributed by atoms with Gasteiger partial charge in [-0.2, -0.15) is 8.42 Å². The Bertz CT molecular complexity index is 497. The Morgan fingerprint density at radius 1 is 0.844 bits per heavy atom. The highest BCUT2D eigenvalue weighted by molar-refractivity contribution is 7.80. The van der Waals surface area contributed by atoms with E-state index in [4.69, 9.17) is 14.4 Å². The van der Waals surface area contributed by atoms with Crippen LogP contribution in [0.2, 0.25) is 0 Å². The summed E-state index contributed by atoms with van der Waals surface area (Å²) < 4.78 is 34.9. The largest absolute Gasteiger partial charge is 0.397 e. The standard InChI is InChI=1S/C23H47NO2.CH4O4S/c1-3-4-5-6-7-8-9-10-11-12-13-14-15-16-17-18-23(2)24-19-21-26-22-20-25;1-5-6(2,3)4/h18,24-25H,3-17,19-22H2,1-2H3;1H3,(H,2,3,4). The highest BCUT2D eigenvalue weighted by Crippen LogP contribution is 2.13. The molecule has 0 bridgehead atoms. The van der Waals surface area contributed by atoms with E-state index in [0.29, 0.717) is 13.2 Å². The summed E-state index contributed by atoms with van der Waals surface area (Å²) in [5.74, 6) is 0. The molecule has 0 saturated heterocycles. The molecule has 32 heavy (non-hydrogen) atoms. The maximum Gasteiger partial charge on any atom is 0.397 e. The molecule has 0 amide bonds. The van der Waals surface area contributed by atoms with E-state index in [1.54, 1.807) is 0 Å². The Morgan fingerprint density at radius 3 is 1.69 bits per heavy atom. The molecule has 0 aromatic carbocycles. The molecule has 0 saturated carbocycles. The second-order valence-electron chi connectivity index (χ2n) is 8.13. The van der Waals surface area contributed by atoms with Gasteiger partial charge in [-0.15, -0.1) is 0 Å². The van der Waals surface area contributed by atoms with Gasteiger partial charge in [-0.05, 0) is 19.8 Å². The molecule has 0 spiro atoms. The third-order valence-electron chi connectivity index (χ3n) is 5.10. The van der Waals surface area contributed by atoms with E-state index in [-0.39, 0.29) is 6.61 Å². The lowest BCUT2D eigenvalue weighted by atomic mass is 10.0. The van der Waals surface area contributed by atoms with Crippen LogP contribution in [0.25, 0.3) is 0 Å². The molecule has 0 rings (SSSR count). The summed E-state index contributed by atoms with van der Waals surface area (Å²) in [4.78, 5) is 0. The minimum absolute atomic E-state index is 0.105. The van der Waals surface area contributed by atoms with Crippen molar-refractivity contribution in [1.29, 1.82) is 0 Å². The third-order valence-corrected chi connectivity index (χ3v) is 5.53. The van der Waals surface area contributed by atoms with Crippen molar-refractivity contribution in [2.75, 3.05) is 33.5 Å². The van der Waals surface area contributed by atoms with Crippen LogP contribution >= 0.6 is 0 Å². The second-order valence-corrected chi connectivity index (χ2v) is 9.32. The smallest absolute Gasteiger partial charge is 0.394 e. The molecule has 0 fully saturated rings. The molecule has 0 atom stereocenters. The molecule has 0 aliphatic rings. The van der Waals surface area contributed by atoms with E-state index in [2.05, 4.69) is 29.4 Å². The van der Waals surface area contributed by atoms with Crippen LogP contribution in [0.15, 0.2) is 11.8 Å². The summed E-state index contributed by atoms with van der Waals surface area (Å²) in [7, 11) is -3.29. The number of rotatable bonds is 22. The van der Waals surface area contributed by atoms with Crippen LogP contribution in [0.3, 0.4) is 0 Å². The van der Waals surface area contributed by atoms with E-state index in [9.17, 15) is 8.42 Å². The number of allylic oxidation sites excluding steroid dienone is 2. The minimum Gasteiger partial charge on any atom is -0.394 e. The third kappa shape index (κ3) is 34.0. The lowest BCUT2D eigenvalue weighted by molar-refractivity contribution is 0.0950. The fraction of sp³-hybridized carbons (Fsp3) is 0.917. The van der Waals surface area contributed by atoms with Crippen molar-refractivity contribution < 1.29 is 27.0 Å². The van der Waals surface area contributed by atoms with Crippen molar-refractivity contribution >= 4 is 10.4 Å². The predicted molar refractivity (Wildman–Crippen MR) is 133 cm³/mol. The topological polar surface area (TPSA) is 105 Å². The van der Waals surface area contributed by atoms with Crippen molar-refractivity contribution in [2.45, 2.75) is 110 Å². The fourth-order valence-electron chi connectivity index (χ4n) is 3.22. The van der Waals surface area contributed by atoms with E-state index < -0.39 is 10.4 Å². The summed E-state index contributed by atoms with van der Waals surface area (Å²) in [5.41, 5.74) is 1.24. The van der Waals surface area contributed by atoms with Gasteiger partial charge < -0.3 is 15.2 Å². The zero-order chi connectivity index (χ0) is 24.3. The minimum atomic E-state index is -4.16. The Labute approximate surface area is 198 Å². The van der Waals surface area contributed by atoms with Gasteiger partial charge in [0.05, 0.1) is 26.9 Å². The summed E-state index contributed by atoms with van der Waals surface area (Å²) in [6, 6.07) is 0. The van der Waals surface area contributed by atoms with Crippen LogP contribution in [0, 0.1) is 0 Å². The Kier molecular flexibility index (Phi) is 27.8. The molecule has 0 aliphatic heterocycles. The molecule has 3 N–H and O–H groups in total. The average molecular weight is 482 g/mol. The van der Waals surface area contributed by atoms with E-state index in [0.717, 1.165) is 13.7 Å². The fourth-order valence-corrected chi connectivity index (χ4v) is 3.22. The first-order valence-electron chi connectivity index (χ1n) is 12.5. The van der Waals surface area contributed by atoms with E-state index >= 15 is 0 Å². The van der Waals surface area contributed by atoms with Gasteiger partial charge in [-0.3, -0.25) is 8.74 Å². The van der Waals surface area contributed by atoms with E-state index in [1.807, 2.05) is 0 Å². The Balaban J connectivity index is 0. The molecule has 0 radical (unpaired) electrons. The van der Waals surface area contributed by atoms with Crippen LogP contribution in [0.5, 0.6) is 0 Å². The molecule has 7 nitrogen and oxygen atoms in total. The molecular formula is C24H51NO6S. The zero-order valence-corrected chi connectivity index (χ0v) is 21.8. The number of aliphatic hydroxyl groups excluding tert-OH is 1. The summed E-state index contributed by atoms with van der Waals surface area (Å²) in [5, 5.41) is 12.0. The molecule has 0 aromatic heterocycles. The number of unbranched alkanes of at least 4 members (excludes halogenated alkanes) is 14. The highest BCUT2D eigenvalue weighted by atomic mass is 32.3. The molecule has 194 valence electrons. The van der Waals surface area contributed by atoms with Crippen molar-refractivity contribution in [3.8, 4) is 0 Å². The van der Waals surface area contributed by atoms with Crippen LogP contribution < -0.4 is 5.32 Å². The molecule has 0 unspecified atom stereocenters. The Hall–Kier alpha value is -0.670. The van der Waals surface area contributed by atoms with Crippen LogP contribution in [0.4, 0.5) is 0 Å². The first-order valence-corrected chi connectivity index (χ1v) is 13.9. The Morgan fingerprint density at radius 2 is 1.28 bits per heavy atom. The van der Waals surface area contributed by atoms with Crippen molar-refractivity contribution in [2.24, 2.45) is 0 Å². The highest BCUT2D eigenvalue weighted by Gasteiger charge is 1.95. The summed E-state index contributed by atoms with van der Waals surface area (Å²) in [6.45, 7) is 6.42. The molecular weight excluding hydrogens is 430 g/mol. The van der Waals surface area contributed by atoms with Crippen molar-refractivity contribution in [3.05, 3.63) is 11.8 Å². The number of ether oxygens (including phenoxy) is 1. The second kappa shape index (κ2) is 26.6. The molecule has 8 heteroatoms. The molecule has 0 aliphatic carbocycles. The zero-order valence-electron chi connectivity index (χ0n) is 20.9. The van der Waals surface area contributed by atoms with Gasteiger partial charge in [0.1, 0.15) is 0 Å². The monoisotopic (exact) mass is 481 g/mol. The SMILES string of the molecule is CCCCCCCCCCCCCCCCC=C(C)NCCOCCO.COS(=O)(=O)O. The first-order chi connectivity index (χ1) is 15.4. The van der Waals surface area contributed by atoms with Gasteiger partial charge in [0.2, 0.25) is 0 Å². The lowest BCUT2D eigenvalue weighted by Gasteiger charge is -2.07. The van der Waals surface area contributed by atoms with E-state index in [1.165, 1.54) is 102 Å². The number of hydrogen-bond acceptors (Lipinski definition) is 6. The lowest BCUT2D eigenvalue weighted by Crippen LogP contribution is -2.18. The van der Waals surface area contributed by atoms with Gasteiger partial charge in [-0.1, -0.05) is 96.5 Å². The van der Waals surface area contributed by atoms with Gasteiger partial charge in [0.25, 0.3) is 0 Å². The van der Waals surface area contributed by atoms with Gasteiger partial charge in [0, 0.05) is 12.2 Å². The maximum absolute atomic E-state index is 9.33. The number of hydrogen-bond donors (Lipinski definition) is 3. The van der Waals surface area contributed by atoms with Crippen LogP contribution in [-0.4, -0.2) is 51.6 Å². The van der Waals surface area contributed by atoms with Crippen LogP contribution in [-0.2, 0) is 19.3 Å². The average Bonchev–Trinajstić information content (AvgIpc) is 2.76. The van der Waals surface area contributed by atoms with Crippen LogP contribution in [0.1, 0.15) is 110 Å². The number of nitrogens with one attached hydrogen (secondary N) is 1. The van der Waals surface area contributed by atoms with Crippen molar-refractivity contribution in [1.82, 2.24) is 5.32 Å². The van der Waals surface area contributed by atoms with Gasteiger partial charge in [0.15, 0.2) is 0 Å². The normalized spacial score (nSPS) is 11.8. The molecule has 0 heterocycles. The summed E-state index contributed by atoms with van der Waals surface area (Å²) >= 11 is 0. The maximum atomic E-state index is 9.33. The first kappa shape index (κ1) is 33.5. The van der Waals surface area contributed by atoms with Gasteiger partial charge >= 0.3 is 10.4 Å². The summed E-state index contributed by atoms with van der Waals surface area (Å²) in [6.07, 6.45) is 23.3. The van der Waals surface area contributed by atoms with Crippen molar-refractivity contribution in [3.63, 3.8) is 0 Å². The predicted octanol–water partition coefficient (Wildman–Crippen LogP) is 5.80.